The predicted octanol–water partition coefficient (Wildman–Crippen LogP) is 5.59. The van der Waals surface area contributed by atoms with Crippen molar-refractivity contribution in [3.05, 3.63) is 101 Å². The van der Waals surface area contributed by atoms with E-state index in [2.05, 4.69) is 26.0 Å². The highest BCUT2D eigenvalue weighted by Gasteiger charge is 2.35. The number of hydrogen-bond acceptors (Lipinski definition) is 3. The Morgan fingerprint density at radius 3 is 2.29 bits per heavy atom. The molecule has 156 valence electrons. The van der Waals surface area contributed by atoms with E-state index in [1.165, 1.54) is 7.11 Å². The summed E-state index contributed by atoms with van der Waals surface area (Å²) in [5.74, 6) is -0.226. The van der Waals surface area contributed by atoms with Crippen molar-refractivity contribution in [1.82, 2.24) is 0 Å². The average molecular weight is 412 g/mol. The first kappa shape index (κ1) is 20.6. The van der Waals surface area contributed by atoms with Crippen LogP contribution in [0.4, 0.5) is 5.69 Å². The maximum Gasteiger partial charge on any atom is 0.337 e. The normalized spacial score (nSPS) is 14.6. The van der Waals surface area contributed by atoms with E-state index in [1.807, 2.05) is 54.6 Å². The molecular weight excluding hydrogens is 386 g/mol. The Labute approximate surface area is 182 Å². The molecule has 0 aromatic heterocycles. The maximum absolute atomic E-state index is 13.7. The van der Waals surface area contributed by atoms with Crippen LogP contribution >= 0.6 is 0 Å². The van der Waals surface area contributed by atoms with Gasteiger partial charge in [-0.3, -0.25) is 4.79 Å². The largest absolute Gasteiger partial charge is 0.465 e. The third kappa shape index (κ3) is 3.89. The van der Waals surface area contributed by atoms with Crippen LogP contribution in [0.1, 0.15) is 40.9 Å². The highest BCUT2D eigenvalue weighted by atomic mass is 16.5. The molecule has 0 saturated heterocycles. The van der Waals surface area contributed by atoms with Crippen molar-refractivity contribution in [1.29, 1.82) is 0 Å². The topological polar surface area (TPSA) is 46.6 Å². The van der Waals surface area contributed by atoms with Crippen molar-refractivity contribution in [3.8, 4) is 0 Å². The number of esters is 1. The lowest BCUT2D eigenvalue weighted by Gasteiger charge is -2.19. The number of methoxy groups -OCH3 is 1. The van der Waals surface area contributed by atoms with Crippen LogP contribution < -0.4 is 4.90 Å². The Bertz CT molecular complexity index is 1160. The first-order chi connectivity index (χ1) is 15.0. The molecule has 0 bridgehead atoms. The first-order valence-corrected chi connectivity index (χ1v) is 10.4. The highest BCUT2D eigenvalue weighted by molar-refractivity contribution is 6.37. The van der Waals surface area contributed by atoms with Gasteiger partial charge in [0.25, 0.3) is 5.91 Å². The second-order valence-electron chi connectivity index (χ2n) is 7.91. The van der Waals surface area contributed by atoms with Gasteiger partial charge in [0.05, 0.1) is 30.5 Å². The number of carbonyl (C=O) groups excluding carboxylic acids is 2. The lowest BCUT2D eigenvalue weighted by atomic mass is 9.88. The Balaban J connectivity index is 1.81. The van der Waals surface area contributed by atoms with Crippen LogP contribution in [0.2, 0.25) is 0 Å². The third-order valence-electron chi connectivity index (χ3n) is 5.54. The van der Waals surface area contributed by atoms with Crippen LogP contribution in [0.5, 0.6) is 0 Å². The molecule has 0 atom stereocenters. The quantitative estimate of drug-likeness (QED) is 0.406. The van der Waals surface area contributed by atoms with Gasteiger partial charge in [0.1, 0.15) is 0 Å². The van der Waals surface area contributed by atoms with Gasteiger partial charge in [-0.05, 0) is 40.8 Å². The standard InChI is InChI=1S/C27H25NO3/c1-18(2)24(20-11-5-4-6-12-20)25-22-14-7-8-15-23(22)28(26(25)29)17-19-10-9-13-21(16-19)27(30)31-3/h4-16,18H,17H2,1-3H3/b25-24+. The molecule has 0 fully saturated rings. The molecule has 0 N–H and O–H groups in total. The highest BCUT2D eigenvalue weighted by Crippen LogP contribution is 2.43. The van der Waals surface area contributed by atoms with Crippen LogP contribution in [0.25, 0.3) is 11.1 Å². The molecule has 1 aliphatic rings. The molecule has 4 rings (SSSR count). The summed E-state index contributed by atoms with van der Waals surface area (Å²) in [5.41, 5.74) is 6.04. The molecule has 31 heavy (non-hydrogen) atoms. The molecule has 3 aromatic carbocycles. The Kier molecular flexibility index (Phi) is 5.72. The summed E-state index contributed by atoms with van der Waals surface area (Å²) >= 11 is 0. The van der Waals surface area contributed by atoms with Crippen molar-refractivity contribution in [2.24, 2.45) is 5.92 Å². The van der Waals surface area contributed by atoms with E-state index in [0.717, 1.165) is 33.5 Å². The maximum atomic E-state index is 13.7. The van der Waals surface area contributed by atoms with Crippen LogP contribution in [0, 0.1) is 5.92 Å². The monoisotopic (exact) mass is 411 g/mol. The number of nitrogens with zero attached hydrogens (tertiary/aromatic N) is 1. The van der Waals surface area contributed by atoms with Crippen LogP contribution in [-0.2, 0) is 16.1 Å². The summed E-state index contributed by atoms with van der Waals surface area (Å²) in [5, 5.41) is 0. The molecule has 4 nitrogen and oxygen atoms in total. The molecular formula is C27H25NO3. The van der Waals surface area contributed by atoms with Crippen LogP contribution in [-0.4, -0.2) is 19.0 Å². The number of ether oxygens (including phenoxy) is 1. The number of hydrogen-bond donors (Lipinski definition) is 0. The number of benzene rings is 3. The van der Waals surface area contributed by atoms with E-state index in [9.17, 15) is 9.59 Å². The molecule has 0 radical (unpaired) electrons. The minimum Gasteiger partial charge on any atom is -0.465 e. The van der Waals surface area contributed by atoms with Gasteiger partial charge in [-0.25, -0.2) is 4.79 Å². The minimum atomic E-state index is -0.387. The summed E-state index contributed by atoms with van der Waals surface area (Å²) in [4.78, 5) is 27.5. The SMILES string of the molecule is COC(=O)c1cccc(CN2C(=O)/C(=C(/c3ccccc3)C(C)C)c3ccccc32)c1. The van der Waals surface area contributed by atoms with Crippen molar-refractivity contribution in [3.63, 3.8) is 0 Å². The summed E-state index contributed by atoms with van der Waals surface area (Å²) < 4.78 is 4.84. The molecule has 1 heterocycles. The summed E-state index contributed by atoms with van der Waals surface area (Å²) in [6.07, 6.45) is 0. The van der Waals surface area contributed by atoms with Gasteiger partial charge in [0, 0.05) is 5.56 Å². The number of rotatable bonds is 5. The van der Waals surface area contributed by atoms with Gasteiger partial charge in [-0.1, -0.05) is 74.5 Å². The van der Waals surface area contributed by atoms with E-state index in [4.69, 9.17) is 4.74 Å². The molecule has 0 spiro atoms. The number of para-hydroxylation sites is 1. The summed E-state index contributed by atoms with van der Waals surface area (Å²) in [6.45, 7) is 4.62. The fraction of sp³-hybridized carbons (Fsp3) is 0.185. The molecule has 0 aliphatic carbocycles. The number of carbonyl (C=O) groups is 2. The van der Waals surface area contributed by atoms with Crippen molar-refractivity contribution in [2.75, 3.05) is 12.0 Å². The third-order valence-corrected chi connectivity index (χ3v) is 5.54. The zero-order valence-electron chi connectivity index (χ0n) is 18.0. The van der Waals surface area contributed by atoms with Gasteiger partial charge >= 0.3 is 5.97 Å². The van der Waals surface area contributed by atoms with Crippen LogP contribution in [0.3, 0.4) is 0 Å². The lowest BCUT2D eigenvalue weighted by Crippen LogP contribution is -2.26. The Morgan fingerprint density at radius 1 is 0.903 bits per heavy atom. The van der Waals surface area contributed by atoms with Crippen LogP contribution in [0.15, 0.2) is 78.9 Å². The summed E-state index contributed by atoms with van der Waals surface area (Å²) in [7, 11) is 1.36. The Morgan fingerprint density at radius 2 is 1.58 bits per heavy atom. The van der Waals surface area contributed by atoms with Gasteiger partial charge in [0.2, 0.25) is 0 Å². The fourth-order valence-electron chi connectivity index (χ4n) is 4.18. The molecule has 0 unspecified atom stereocenters. The van der Waals surface area contributed by atoms with E-state index < -0.39 is 0 Å². The summed E-state index contributed by atoms with van der Waals surface area (Å²) in [6, 6.07) is 25.2. The van der Waals surface area contributed by atoms with Crippen molar-refractivity contribution < 1.29 is 14.3 Å². The molecule has 4 heteroatoms. The predicted molar refractivity (Wildman–Crippen MR) is 124 cm³/mol. The second-order valence-corrected chi connectivity index (χ2v) is 7.91. The zero-order valence-corrected chi connectivity index (χ0v) is 18.0. The molecule has 3 aromatic rings. The minimum absolute atomic E-state index is 0.0165. The number of anilines is 1. The smallest absolute Gasteiger partial charge is 0.337 e. The number of amides is 1. The first-order valence-electron chi connectivity index (χ1n) is 10.4. The Hall–Kier alpha value is -3.66. The molecule has 1 aliphatic heterocycles. The number of allylic oxidation sites excluding steroid dienone is 1. The second kappa shape index (κ2) is 8.60. The van der Waals surface area contributed by atoms with E-state index in [0.29, 0.717) is 12.1 Å². The van der Waals surface area contributed by atoms with E-state index in [1.54, 1.807) is 17.0 Å². The van der Waals surface area contributed by atoms with E-state index in [-0.39, 0.29) is 17.8 Å². The lowest BCUT2D eigenvalue weighted by molar-refractivity contribution is -0.113. The van der Waals surface area contributed by atoms with Gasteiger partial charge in [0.15, 0.2) is 0 Å². The van der Waals surface area contributed by atoms with Crippen molar-refractivity contribution >= 4 is 28.7 Å². The molecule has 0 saturated carbocycles. The average Bonchev–Trinajstić information content (AvgIpc) is 3.06. The fourth-order valence-corrected chi connectivity index (χ4v) is 4.18. The zero-order chi connectivity index (χ0) is 22.0. The van der Waals surface area contributed by atoms with E-state index >= 15 is 0 Å². The van der Waals surface area contributed by atoms with Gasteiger partial charge < -0.3 is 9.64 Å². The number of fused-ring (bicyclic) bond motifs is 1. The van der Waals surface area contributed by atoms with Gasteiger partial charge in [-0.15, -0.1) is 0 Å². The molecule has 1 amide bonds. The van der Waals surface area contributed by atoms with Crippen molar-refractivity contribution in [2.45, 2.75) is 20.4 Å². The van der Waals surface area contributed by atoms with Gasteiger partial charge in [-0.2, -0.15) is 0 Å².